The fourth-order valence-corrected chi connectivity index (χ4v) is 2.59. The maximum absolute atomic E-state index is 5.95. The molecule has 0 saturated heterocycles. The van der Waals surface area contributed by atoms with Crippen molar-refractivity contribution in [1.29, 1.82) is 0 Å². The third kappa shape index (κ3) is 8.31. The second-order valence-corrected chi connectivity index (χ2v) is 6.72. The van der Waals surface area contributed by atoms with Crippen molar-refractivity contribution in [3.8, 4) is 5.75 Å². The molecule has 0 bridgehead atoms. The predicted molar refractivity (Wildman–Crippen MR) is 131 cm³/mol. The van der Waals surface area contributed by atoms with Gasteiger partial charge >= 0.3 is 0 Å². The van der Waals surface area contributed by atoms with Gasteiger partial charge in [0.25, 0.3) is 0 Å². The van der Waals surface area contributed by atoms with E-state index in [1.54, 1.807) is 13.2 Å². The molecule has 2 rings (SSSR count). The Bertz CT molecular complexity index is 822. The molecule has 0 fully saturated rings. The predicted octanol–water partition coefficient (Wildman–Crippen LogP) is 2.89. The maximum atomic E-state index is 5.95. The highest BCUT2D eigenvalue weighted by Gasteiger charge is 2.08. The Morgan fingerprint density at radius 1 is 1.23 bits per heavy atom. The molecule has 0 unspecified atom stereocenters. The molecule has 0 radical (unpaired) electrons. The van der Waals surface area contributed by atoms with Gasteiger partial charge in [-0.2, -0.15) is 0 Å². The summed E-state index contributed by atoms with van der Waals surface area (Å²) in [4.78, 5) is 4.70. The van der Waals surface area contributed by atoms with Gasteiger partial charge in [-0.1, -0.05) is 18.2 Å². The number of rotatable bonds is 11. The van der Waals surface area contributed by atoms with Crippen LogP contribution in [0.2, 0.25) is 0 Å². The fourth-order valence-electron chi connectivity index (χ4n) is 2.59. The number of benzene rings is 1. The first-order valence-electron chi connectivity index (χ1n) is 9.74. The van der Waals surface area contributed by atoms with E-state index in [-0.39, 0.29) is 24.0 Å². The van der Waals surface area contributed by atoms with Gasteiger partial charge in [0.05, 0.1) is 19.7 Å². The molecule has 0 aliphatic heterocycles. The van der Waals surface area contributed by atoms with E-state index >= 15 is 0 Å². The molecule has 0 aliphatic carbocycles. The van der Waals surface area contributed by atoms with E-state index < -0.39 is 0 Å². The molecule has 166 valence electrons. The van der Waals surface area contributed by atoms with Gasteiger partial charge in [-0.15, -0.1) is 40.8 Å². The molecule has 0 aliphatic rings. The Balaban J connectivity index is 0.00000450. The van der Waals surface area contributed by atoms with Gasteiger partial charge in [0.15, 0.2) is 11.8 Å². The Kier molecular flexibility index (Phi) is 12.1. The molecule has 0 atom stereocenters. The van der Waals surface area contributed by atoms with Crippen molar-refractivity contribution in [1.82, 2.24) is 25.4 Å². The quantitative estimate of drug-likeness (QED) is 0.154. The number of hydrogen-bond donors (Lipinski definition) is 2. The number of ether oxygens (including phenoxy) is 2. The van der Waals surface area contributed by atoms with Crippen LogP contribution in [0, 0.1) is 13.8 Å². The van der Waals surface area contributed by atoms with Crippen molar-refractivity contribution in [2.45, 2.75) is 33.4 Å². The summed E-state index contributed by atoms with van der Waals surface area (Å²) in [6.07, 6.45) is 2.64. The zero-order valence-electron chi connectivity index (χ0n) is 18.3. The van der Waals surface area contributed by atoms with Crippen LogP contribution in [-0.4, -0.2) is 47.6 Å². The number of halogens is 1. The van der Waals surface area contributed by atoms with Crippen LogP contribution >= 0.6 is 24.0 Å². The molecular weight excluding hydrogens is 495 g/mol. The third-order valence-electron chi connectivity index (χ3n) is 4.39. The summed E-state index contributed by atoms with van der Waals surface area (Å²) in [6, 6.07) is 6.17. The normalized spacial score (nSPS) is 11.0. The van der Waals surface area contributed by atoms with Crippen molar-refractivity contribution in [3.05, 3.63) is 53.6 Å². The van der Waals surface area contributed by atoms with Crippen LogP contribution in [0.15, 0.2) is 35.8 Å². The first-order chi connectivity index (χ1) is 14.0. The van der Waals surface area contributed by atoms with Gasteiger partial charge in [-0.3, -0.25) is 0 Å². The van der Waals surface area contributed by atoms with Crippen LogP contribution in [0.1, 0.15) is 29.2 Å². The number of nitrogens with one attached hydrogen (secondary N) is 2. The average molecular weight is 528 g/mol. The van der Waals surface area contributed by atoms with Crippen molar-refractivity contribution in [3.63, 3.8) is 0 Å². The Hall–Kier alpha value is -2.14. The summed E-state index contributed by atoms with van der Waals surface area (Å²) in [5.74, 6) is 3.25. The number of guanidine groups is 1. The molecule has 2 N–H and O–H groups in total. The van der Waals surface area contributed by atoms with E-state index in [2.05, 4.69) is 46.5 Å². The van der Waals surface area contributed by atoms with Crippen LogP contribution in [0.25, 0.3) is 0 Å². The Morgan fingerprint density at radius 2 is 2.03 bits per heavy atom. The monoisotopic (exact) mass is 528 g/mol. The summed E-state index contributed by atoms with van der Waals surface area (Å²) in [6.45, 7) is 10.6. The molecular formula is C21H33IN6O2. The highest BCUT2D eigenvalue weighted by Crippen LogP contribution is 2.21. The van der Waals surface area contributed by atoms with E-state index in [4.69, 9.17) is 14.5 Å². The van der Waals surface area contributed by atoms with E-state index in [9.17, 15) is 0 Å². The third-order valence-corrected chi connectivity index (χ3v) is 4.39. The Labute approximate surface area is 196 Å². The van der Waals surface area contributed by atoms with Crippen LogP contribution in [0.3, 0.4) is 0 Å². The zero-order valence-corrected chi connectivity index (χ0v) is 20.6. The first-order valence-corrected chi connectivity index (χ1v) is 9.74. The first kappa shape index (κ1) is 25.9. The lowest BCUT2D eigenvalue weighted by Crippen LogP contribution is -2.37. The Morgan fingerprint density at radius 3 is 2.70 bits per heavy atom. The van der Waals surface area contributed by atoms with Crippen molar-refractivity contribution < 1.29 is 9.47 Å². The number of nitrogens with zero attached hydrogens (tertiary/aromatic N) is 4. The van der Waals surface area contributed by atoms with E-state index in [1.165, 1.54) is 0 Å². The summed E-state index contributed by atoms with van der Waals surface area (Å²) in [7, 11) is 3.64. The fraction of sp³-hybridized carbons (Fsp3) is 0.476. The van der Waals surface area contributed by atoms with E-state index in [0.717, 1.165) is 34.9 Å². The van der Waals surface area contributed by atoms with Gasteiger partial charge in [-0.05, 0) is 25.5 Å². The largest absolute Gasteiger partial charge is 0.493 e. The summed E-state index contributed by atoms with van der Waals surface area (Å²) >= 11 is 0. The highest BCUT2D eigenvalue weighted by atomic mass is 127. The summed E-state index contributed by atoms with van der Waals surface area (Å²) in [5, 5.41) is 14.8. The maximum Gasteiger partial charge on any atom is 0.192 e. The molecule has 0 saturated carbocycles. The smallest absolute Gasteiger partial charge is 0.192 e. The number of hydrogen-bond acceptors (Lipinski definition) is 5. The minimum atomic E-state index is 0. The van der Waals surface area contributed by atoms with Gasteiger partial charge in [0.2, 0.25) is 0 Å². The van der Waals surface area contributed by atoms with Crippen LogP contribution in [0.5, 0.6) is 5.75 Å². The molecule has 30 heavy (non-hydrogen) atoms. The number of aliphatic imine (C=N–C) groups is 1. The van der Waals surface area contributed by atoms with Crippen LogP contribution < -0.4 is 15.4 Å². The molecule has 2 aromatic rings. The highest BCUT2D eigenvalue weighted by molar-refractivity contribution is 14.0. The molecule has 1 heterocycles. The lowest BCUT2D eigenvalue weighted by Gasteiger charge is -2.14. The van der Waals surface area contributed by atoms with Gasteiger partial charge < -0.3 is 24.7 Å². The molecule has 8 nitrogen and oxygen atoms in total. The van der Waals surface area contributed by atoms with E-state index in [1.807, 2.05) is 24.6 Å². The van der Waals surface area contributed by atoms with Crippen molar-refractivity contribution in [2.75, 3.05) is 26.9 Å². The number of aromatic nitrogens is 3. The van der Waals surface area contributed by atoms with Crippen LogP contribution in [-0.2, 0) is 24.9 Å². The van der Waals surface area contributed by atoms with Gasteiger partial charge in [-0.25, -0.2) is 4.99 Å². The molecule has 0 amide bonds. The molecule has 0 spiro atoms. The lowest BCUT2D eigenvalue weighted by molar-refractivity contribution is 0.172. The summed E-state index contributed by atoms with van der Waals surface area (Å²) in [5.41, 5.74) is 2.18. The topological polar surface area (TPSA) is 85.6 Å². The average Bonchev–Trinajstić information content (AvgIpc) is 3.04. The molecule has 1 aromatic heterocycles. The number of methoxy groups -OCH3 is 1. The molecule has 9 heteroatoms. The lowest BCUT2D eigenvalue weighted by atomic mass is 10.1. The van der Waals surface area contributed by atoms with Crippen molar-refractivity contribution in [2.24, 2.45) is 12.0 Å². The van der Waals surface area contributed by atoms with Crippen LogP contribution in [0.4, 0.5) is 0 Å². The molecule has 1 aromatic carbocycles. The second-order valence-electron chi connectivity index (χ2n) is 6.72. The van der Waals surface area contributed by atoms with Crippen molar-refractivity contribution >= 4 is 29.9 Å². The second kappa shape index (κ2) is 14.0. The van der Waals surface area contributed by atoms with E-state index in [0.29, 0.717) is 38.8 Å². The summed E-state index contributed by atoms with van der Waals surface area (Å²) < 4.78 is 13.0. The minimum Gasteiger partial charge on any atom is -0.493 e. The van der Waals surface area contributed by atoms with Gasteiger partial charge in [0.1, 0.15) is 11.6 Å². The number of aryl methyl sites for hydroxylation is 2. The van der Waals surface area contributed by atoms with Gasteiger partial charge in [0, 0.05) is 39.3 Å². The SMILES string of the molecule is C=CCNC(=NCc1ccc(C)cc1OCCCOC)NCc1nnc(C)n1C.I. The zero-order chi connectivity index (χ0) is 21.1. The standard InChI is InChI=1S/C21H32N6O2.HI/c1-6-10-22-21(24-15-20-26-25-17(3)27(20)4)23-14-18-9-8-16(2)13-19(18)29-12-7-11-28-5;/h6,8-9,13H,1,7,10-12,14-15H2,2-5H3,(H2,22,23,24);1H. The minimum absolute atomic E-state index is 0.